The van der Waals surface area contributed by atoms with Crippen molar-refractivity contribution in [3.63, 3.8) is 0 Å². The van der Waals surface area contributed by atoms with Gasteiger partial charge in [0.2, 0.25) is 5.91 Å². The SMILES string of the molecule is C#CCSc1nc2c(c(=O)[nH]1)[C@H](c1ccc(O)c(O)c1)CC(=O)N2. The van der Waals surface area contributed by atoms with Crippen molar-refractivity contribution in [1.29, 1.82) is 0 Å². The summed E-state index contributed by atoms with van der Waals surface area (Å²) in [5.41, 5.74) is 0.472. The first-order valence-electron chi connectivity index (χ1n) is 7.01. The van der Waals surface area contributed by atoms with Gasteiger partial charge < -0.3 is 20.5 Å². The van der Waals surface area contributed by atoms with E-state index in [1.807, 2.05) is 0 Å². The number of thioether (sulfide) groups is 1. The molecule has 4 N–H and O–H groups in total. The smallest absolute Gasteiger partial charge is 0.257 e. The van der Waals surface area contributed by atoms with Gasteiger partial charge in [-0.25, -0.2) is 4.98 Å². The Morgan fingerprint density at radius 3 is 2.83 bits per heavy atom. The average molecular weight is 343 g/mol. The summed E-state index contributed by atoms with van der Waals surface area (Å²) in [6.45, 7) is 0. The monoisotopic (exact) mass is 343 g/mol. The van der Waals surface area contributed by atoms with E-state index < -0.39 is 5.92 Å². The number of aromatic amines is 1. The lowest BCUT2D eigenvalue weighted by molar-refractivity contribution is -0.116. The molecule has 0 fully saturated rings. The minimum atomic E-state index is -0.566. The number of carbonyl (C=O) groups excluding carboxylic acids is 1. The Kier molecular flexibility index (Phi) is 4.18. The molecule has 0 saturated heterocycles. The molecule has 1 aromatic heterocycles. The van der Waals surface area contributed by atoms with Crippen molar-refractivity contribution in [3.8, 4) is 23.8 Å². The number of phenolic OH excluding ortho intramolecular Hbond substituents is 2. The molecule has 2 heterocycles. The van der Waals surface area contributed by atoms with Gasteiger partial charge in [0.25, 0.3) is 5.56 Å². The largest absolute Gasteiger partial charge is 0.504 e. The number of H-pyrrole nitrogens is 1. The van der Waals surface area contributed by atoms with Gasteiger partial charge in [-0.3, -0.25) is 9.59 Å². The maximum Gasteiger partial charge on any atom is 0.257 e. The Hall–Kier alpha value is -2.92. The molecular weight excluding hydrogens is 330 g/mol. The third-order valence-electron chi connectivity index (χ3n) is 3.62. The number of nitrogens with zero attached hydrogens (tertiary/aromatic N) is 1. The van der Waals surface area contributed by atoms with Crippen molar-refractivity contribution in [2.75, 3.05) is 11.1 Å². The number of nitrogens with one attached hydrogen (secondary N) is 2. The molecule has 0 saturated carbocycles. The Labute approximate surface area is 141 Å². The van der Waals surface area contributed by atoms with Gasteiger partial charge >= 0.3 is 0 Å². The fraction of sp³-hybridized carbons (Fsp3) is 0.188. The van der Waals surface area contributed by atoms with E-state index in [4.69, 9.17) is 6.42 Å². The third-order valence-corrected chi connectivity index (χ3v) is 4.40. The molecular formula is C16H13N3O4S. The van der Waals surface area contributed by atoms with Gasteiger partial charge in [-0.15, -0.1) is 6.42 Å². The van der Waals surface area contributed by atoms with Gasteiger partial charge in [0.15, 0.2) is 16.7 Å². The summed E-state index contributed by atoms with van der Waals surface area (Å²) in [5.74, 6) is 1.52. The summed E-state index contributed by atoms with van der Waals surface area (Å²) in [5, 5.41) is 22.0. The van der Waals surface area contributed by atoms with E-state index in [1.54, 1.807) is 6.07 Å². The molecule has 0 radical (unpaired) electrons. The van der Waals surface area contributed by atoms with Crippen LogP contribution in [0.25, 0.3) is 0 Å². The van der Waals surface area contributed by atoms with E-state index >= 15 is 0 Å². The van der Waals surface area contributed by atoms with E-state index in [1.165, 1.54) is 23.9 Å². The number of fused-ring (bicyclic) bond motifs is 1. The predicted octanol–water partition coefficient (Wildman–Crippen LogP) is 1.38. The Balaban J connectivity index is 2.09. The number of carbonyl (C=O) groups is 1. The number of rotatable bonds is 3. The quantitative estimate of drug-likeness (QED) is 0.290. The summed E-state index contributed by atoms with van der Waals surface area (Å²) in [6, 6.07) is 4.21. The van der Waals surface area contributed by atoms with E-state index in [9.17, 15) is 19.8 Å². The highest BCUT2D eigenvalue weighted by molar-refractivity contribution is 7.99. The highest BCUT2D eigenvalue weighted by Gasteiger charge is 2.31. The summed E-state index contributed by atoms with van der Waals surface area (Å²) in [7, 11) is 0. The van der Waals surface area contributed by atoms with E-state index in [0.29, 0.717) is 22.0 Å². The van der Waals surface area contributed by atoms with Crippen LogP contribution in [0.2, 0.25) is 0 Å². The van der Waals surface area contributed by atoms with Gasteiger partial charge in [0, 0.05) is 12.3 Å². The molecule has 8 heteroatoms. The number of phenols is 2. The number of hydrogen-bond donors (Lipinski definition) is 4. The zero-order valence-corrected chi connectivity index (χ0v) is 13.2. The number of anilines is 1. The molecule has 122 valence electrons. The lowest BCUT2D eigenvalue weighted by Crippen LogP contribution is -2.31. The number of terminal acetylenes is 1. The molecule has 1 amide bonds. The summed E-state index contributed by atoms with van der Waals surface area (Å²) >= 11 is 1.18. The van der Waals surface area contributed by atoms with Crippen LogP contribution in [0.5, 0.6) is 11.5 Å². The van der Waals surface area contributed by atoms with Crippen LogP contribution in [-0.2, 0) is 4.79 Å². The molecule has 1 aliphatic heterocycles. The minimum Gasteiger partial charge on any atom is -0.504 e. The van der Waals surface area contributed by atoms with Crippen LogP contribution in [0.4, 0.5) is 5.82 Å². The highest BCUT2D eigenvalue weighted by Crippen LogP contribution is 2.37. The Morgan fingerprint density at radius 1 is 1.33 bits per heavy atom. The fourth-order valence-corrected chi connectivity index (χ4v) is 3.11. The molecule has 0 aliphatic carbocycles. The number of hydrogen-bond acceptors (Lipinski definition) is 6. The van der Waals surface area contributed by atoms with E-state index in [-0.39, 0.29) is 35.2 Å². The molecule has 0 bridgehead atoms. The zero-order chi connectivity index (χ0) is 17.3. The van der Waals surface area contributed by atoms with Gasteiger partial charge in [-0.2, -0.15) is 0 Å². The van der Waals surface area contributed by atoms with Crippen molar-refractivity contribution >= 4 is 23.5 Å². The molecule has 1 atom stereocenters. The van der Waals surface area contributed by atoms with E-state index in [0.717, 1.165) is 0 Å². The van der Waals surface area contributed by atoms with Gasteiger partial charge in [-0.05, 0) is 17.7 Å². The summed E-state index contributed by atoms with van der Waals surface area (Å²) in [4.78, 5) is 31.3. The van der Waals surface area contributed by atoms with E-state index in [2.05, 4.69) is 21.2 Å². The lowest BCUT2D eigenvalue weighted by Gasteiger charge is -2.24. The minimum absolute atomic E-state index is 0.0405. The van der Waals surface area contributed by atoms with Gasteiger partial charge in [0.1, 0.15) is 5.82 Å². The first-order chi connectivity index (χ1) is 11.5. The van der Waals surface area contributed by atoms with Crippen molar-refractivity contribution in [2.45, 2.75) is 17.5 Å². The predicted molar refractivity (Wildman–Crippen MR) is 89.3 cm³/mol. The van der Waals surface area contributed by atoms with Crippen LogP contribution in [0.3, 0.4) is 0 Å². The number of aromatic nitrogens is 2. The van der Waals surface area contributed by atoms with Crippen LogP contribution >= 0.6 is 11.8 Å². The molecule has 2 aromatic rings. The Bertz CT molecular complexity index is 917. The van der Waals surface area contributed by atoms with Crippen LogP contribution in [0.15, 0.2) is 28.2 Å². The van der Waals surface area contributed by atoms with Crippen LogP contribution < -0.4 is 10.9 Å². The van der Waals surface area contributed by atoms with Crippen LogP contribution in [0.1, 0.15) is 23.5 Å². The highest BCUT2D eigenvalue weighted by atomic mass is 32.2. The van der Waals surface area contributed by atoms with Crippen molar-refractivity contribution in [3.05, 3.63) is 39.7 Å². The zero-order valence-electron chi connectivity index (χ0n) is 12.4. The average Bonchev–Trinajstić information content (AvgIpc) is 2.54. The molecule has 3 rings (SSSR count). The molecule has 24 heavy (non-hydrogen) atoms. The fourth-order valence-electron chi connectivity index (χ4n) is 2.57. The van der Waals surface area contributed by atoms with Crippen LogP contribution in [0, 0.1) is 12.3 Å². The second-order valence-corrected chi connectivity index (χ2v) is 6.14. The number of amides is 1. The summed E-state index contributed by atoms with van der Waals surface area (Å²) in [6.07, 6.45) is 5.23. The van der Waals surface area contributed by atoms with Crippen molar-refractivity contribution in [1.82, 2.24) is 9.97 Å². The molecule has 0 unspecified atom stereocenters. The summed E-state index contributed by atoms with van der Waals surface area (Å²) < 4.78 is 0. The maximum atomic E-state index is 12.5. The molecule has 1 aromatic carbocycles. The Morgan fingerprint density at radius 2 is 2.12 bits per heavy atom. The van der Waals surface area contributed by atoms with Crippen molar-refractivity contribution in [2.24, 2.45) is 0 Å². The molecule has 0 spiro atoms. The molecule has 7 nitrogen and oxygen atoms in total. The van der Waals surface area contributed by atoms with Crippen molar-refractivity contribution < 1.29 is 15.0 Å². The number of aromatic hydroxyl groups is 2. The third kappa shape index (κ3) is 2.94. The maximum absolute atomic E-state index is 12.5. The lowest BCUT2D eigenvalue weighted by atomic mass is 9.86. The number of benzene rings is 1. The van der Waals surface area contributed by atoms with Gasteiger partial charge in [-0.1, -0.05) is 23.7 Å². The standard InChI is InChI=1S/C16H13N3O4S/c1-2-5-24-16-18-14-13(15(23)19-16)9(7-12(22)17-14)8-3-4-10(20)11(21)6-8/h1,3-4,6,9,20-21H,5,7H2,(H2,17,18,19,22,23)/t9-/m0/s1. The topological polar surface area (TPSA) is 115 Å². The first-order valence-corrected chi connectivity index (χ1v) is 8.00. The second kappa shape index (κ2) is 6.29. The first kappa shape index (κ1) is 16.0. The van der Waals surface area contributed by atoms with Gasteiger partial charge in [0.05, 0.1) is 11.3 Å². The molecule has 1 aliphatic rings. The normalized spacial score (nSPS) is 16.1. The second-order valence-electron chi connectivity index (χ2n) is 5.18. The van der Waals surface area contributed by atoms with Crippen LogP contribution in [-0.4, -0.2) is 31.8 Å².